The second-order valence-corrected chi connectivity index (χ2v) is 10.0. The highest BCUT2D eigenvalue weighted by molar-refractivity contribution is 6.32. The summed E-state index contributed by atoms with van der Waals surface area (Å²) in [4.78, 5) is 12.8. The van der Waals surface area contributed by atoms with E-state index in [1.165, 1.54) is 13.3 Å². The van der Waals surface area contributed by atoms with Crippen LogP contribution in [0.15, 0.2) is 108 Å². The van der Waals surface area contributed by atoms with E-state index in [0.717, 1.165) is 28.2 Å². The molecular weight excluding hydrogens is 557 g/mol. The second kappa shape index (κ2) is 12.8. The van der Waals surface area contributed by atoms with E-state index in [1.54, 1.807) is 30.3 Å². The maximum atomic E-state index is 12.8. The molecule has 0 radical (unpaired) electrons. The normalized spacial score (nSPS) is 11.0. The van der Waals surface area contributed by atoms with Gasteiger partial charge in [-0.05, 0) is 72.6 Å². The van der Waals surface area contributed by atoms with Gasteiger partial charge in [0.25, 0.3) is 5.91 Å². The standard InChI is InChI=1S/C33H27Cl2N3O3/c1-22-12-17-30(24-8-4-3-5-9-24)38(22)27-15-13-25(14-16-27)33(39)37-36-20-23-18-29(35)32(31(19-23)40-2)41-21-26-10-6-7-11-28(26)34/h3-20H,21H2,1-2H3,(H,37,39)/b36-20+. The lowest BCUT2D eigenvalue weighted by atomic mass is 10.1. The molecule has 5 rings (SSSR count). The Morgan fingerprint density at radius 2 is 1.63 bits per heavy atom. The minimum Gasteiger partial charge on any atom is -0.493 e. The van der Waals surface area contributed by atoms with Gasteiger partial charge in [-0.25, -0.2) is 5.43 Å². The van der Waals surface area contributed by atoms with Crippen LogP contribution in [0, 0.1) is 6.92 Å². The van der Waals surface area contributed by atoms with Crippen LogP contribution >= 0.6 is 23.2 Å². The number of benzene rings is 4. The van der Waals surface area contributed by atoms with Crippen molar-refractivity contribution in [2.75, 3.05) is 7.11 Å². The Morgan fingerprint density at radius 1 is 0.902 bits per heavy atom. The molecule has 1 heterocycles. The smallest absolute Gasteiger partial charge is 0.271 e. The Morgan fingerprint density at radius 3 is 2.37 bits per heavy atom. The van der Waals surface area contributed by atoms with Crippen molar-refractivity contribution in [3.8, 4) is 28.4 Å². The lowest BCUT2D eigenvalue weighted by molar-refractivity contribution is 0.0955. The van der Waals surface area contributed by atoms with Crippen LogP contribution in [0.2, 0.25) is 10.0 Å². The van der Waals surface area contributed by atoms with Crippen LogP contribution in [-0.2, 0) is 6.61 Å². The molecule has 1 amide bonds. The number of nitrogens with one attached hydrogen (secondary N) is 1. The van der Waals surface area contributed by atoms with Gasteiger partial charge in [-0.2, -0.15) is 5.10 Å². The van der Waals surface area contributed by atoms with Crippen molar-refractivity contribution in [1.29, 1.82) is 0 Å². The van der Waals surface area contributed by atoms with Crippen molar-refractivity contribution < 1.29 is 14.3 Å². The number of carbonyl (C=O) groups excluding carboxylic acids is 1. The van der Waals surface area contributed by atoms with Crippen LogP contribution in [0.4, 0.5) is 0 Å². The van der Waals surface area contributed by atoms with Crippen molar-refractivity contribution in [2.24, 2.45) is 5.10 Å². The van der Waals surface area contributed by atoms with Gasteiger partial charge in [0.2, 0.25) is 0 Å². The minimum atomic E-state index is -0.335. The van der Waals surface area contributed by atoms with Gasteiger partial charge in [0.1, 0.15) is 6.61 Å². The summed E-state index contributed by atoms with van der Waals surface area (Å²) in [5.74, 6) is 0.491. The molecular formula is C33H27Cl2N3O3. The fourth-order valence-electron chi connectivity index (χ4n) is 4.43. The lowest BCUT2D eigenvalue weighted by Crippen LogP contribution is -2.17. The number of halogens is 2. The SMILES string of the molecule is COc1cc(/C=N/NC(=O)c2ccc(-n3c(C)ccc3-c3ccccc3)cc2)cc(Cl)c1OCc1ccccc1Cl. The van der Waals surface area contributed by atoms with Crippen molar-refractivity contribution in [1.82, 2.24) is 9.99 Å². The van der Waals surface area contributed by atoms with Gasteiger partial charge in [0, 0.05) is 27.5 Å². The summed E-state index contributed by atoms with van der Waals surface area (Å²) in [6.45, 7) is 2.29. The van der Waals surface area contributed by atoms with Crippen LogP contribution in [-0.4, -0.2) is 23.8 Å². The number of methoxy groups -OCH3 is 1. The summed E-state index contributed by atoms with van der Waals surface area (Å²) >= 11 is 12.7. The fourth-order valence-corrected chi connectivity index (χ4v) is 4.89. The topological polar surface area (TPSA) is 64.8 Å². The van der Waals surface area contributed by atoms with Crippen LogP contribution in [0.3, 0.4) is 0 Å². The molecule has 0 bridgehead atoms. The highest BCUT2D eigenvalue weighted by Crippen LogP contribution is 2.37. The number of aromatic nitrogens is 1. The first-order valence-electron chi connectivity index (χ1n) is 12.9. The lowest BCUT2D eigenvalue weighted by Gasteiger charge is -2.14. The van der Waals surface area contributed by atoms with Crippen LogP contribution < -0.4 is 14.9 Å². The minimum absolute atomic E-state index is 0.232. The van der Waals surface area contributed by atoms with E-state index in [2.05, 4.69) is 46.3 Å². The molecule has 0 aliphatic carbocycles. The first-order chi connectivity index (χ1) is 19.9. The van der Waals surface area contributed by atoms with E-state index in [0.29, 0.717) is 32.7 Å². The summed E-state index contributed by atoms with van der Waals surface area (Å²) < 4.78 is 13.5. The summed E-state index contributed by atoms with van der Waals surface area (Å²) in [5.41, 5.74) is 8.77. The number of hydrazone groups is 1. The molecule has 41 heavy (non-hydrogen) atoms. The van der Waals surface area contributed by atoms with E-state index in [-0.39, 0.29) is 12.5 Å². The fraction of sp³-hybridized carbons (Fsp3) is 0.0909. The highest BCUT2D eigenvalue weighted by Gasteiger charge is 2.14. The number of hydrogen-bond donors (Lipinski definition) is 1. The van der Waals surface area contributed by atoms with Crippen LogP contribution in [0.5, 0.6) is 11.5 Å². The van der Waals surface area contributed by atoms with Gasteiger partial charge < -0.3 is 14.0 Å². The zero-order chi connectivity index (χ0) is 28.8. The average molecular weight is 585 g/mol. The predicted octanol–water partition coefficient (Wildman–Crippen LogP) is 8.11. The third kappa shape index (κ3) is 6.46. The molecule has 4 aromatic carbocycles. The molecule has 5 aromatic rings. The monoisotopic (exact) mass is 583 g/mol. The molecule has 206 valence electrons. The number of rotatable bonds is 9. The Bertz CT molecular complexity index is 1700. The molecule has 0 saturated carbocycles. The predicted molar refractivity (Wildman–Crippen MR) is 165 cm³/mol. The summed E-state index contributed by atoms with van der Waals surface area (Å²) in [6.07, 6.45) is 1.49. The highest BCUT2D eigenvalue weighted by atomic mass is 35.5. The first kappa shape index (κ1) is 28.0. The Kier molecular flexibility index (Phi) is 8.73. The van der Waals surface area contributed by atoms with Crippen molar-refractivity contribution in [3.05, 3.63) is 136 Å². The van der Waals surface area contributed by atoms with Crippen LogP contribution in [0.1, 0.15) is 27.2 Å². The van der Waals surface area contributed by atoms with Gasteiger partial charge in [0.15, 0.2) is 11.5 Å². The zero-order valence-corrected chi connectivity index (χ0v) is 24.0. The zero-order valence-electron chi connectivity index (χ0n) is 22.5. The summed E-state index contributed by atoms with van der Waals surface area (Å²) in [5, 5.41) is 5.05. The molecule has 0 spiro atoms. The Balaban J connectivity index is 1.25. The van der Waals surface area contributed by atoms with Crippen LogP contribution in [0.25, 0.3) is 16.9 Å². The first-order valence-corrected chi connectivity index (χ1v) is 13.6. The molecule has 0 atom stereocenters. The van der Waals surface area contributed by atoms with E-state index >= 15 is 0 Å². The summed E-state index contributed by atoms with van der Waals surface area (Å²) in [7, 11) is 1.53. The molecule has 1 N–H and O–H groups in total. The molecule has 1 aromatic heterocycles. The van der Waals surface area contributed by atoms with Gasteiger partial charge >= 0.3 is 0 Å². The number of aryl methyl sites for hydroxylation is 1. The number of nitrogens with zero attached hydrogens (tertiary/aromatic N) is 2. The number of ether oxygens (including phenoxy) is 2. The van der Waals surface area contributed by atoms with Crippen molar-refractivity contribution >= 4 is 35.3 Å². The van der Waals surface area contributed by atoms with E-state index in [9.17, 15) is 4.79 Å². The number of hydrogen-bond acceptors (Lipinski definition) is 4. The molecule has 0 fully saturated rings. The van der Waals surface area contributed by atoms with E-state index in [1.807, 2.05) is 48.5 Å². The average Bonchev–Trinajstić information content (AvgIpc) is 3.38. The van der Waals surface area contributed by atoms with E-state index in [4.69, 9.17) is 32.7 Å². The third-order valence-corrected chi connectivity index (χ3v) is 7.14. The van der Waals surface area contributed by atoms with Gasteiger partial charge in [-0.3, -0.25) is 4.79 Å². The quantitative estimate of drug-likeness (QED) is 0.141. The van der Waals surface area contributed by atoms with E-state index < -0.39 is 0 Å². The molecule has 6 nitrogen and oxygen atoms in total. The van der Waals surface area contributed by atoms with Gasteiger partial charge in [0.05, 0.1) is 24.0 Å². The number of carbonyl (C=O) groups is 1. The molecule has 0 saturated heterocycles. The maximum absolute atomic E-state index is 12.8. The molecule has 8 heteroatoms. The second-order valence-electron chi connectivity index (χ2n) is 9.22. The van der Waals surface area contributed by atoms with Crippen molar-refractivity contribution in [3.63, 3.8) is 0 Å². The summed E-state index contributed by atoms with van der Waals surface area (Å²) in [6, 6.07) is 32.6. The molecule has 0 unspecified atom stereocenters. The Labute approximate surface area is 248 Å². The molecule has 0 aliphatic rings. The number of amides is 1. The third-order valence-electron chi connectivity index (χ3n) is 6.49. The Hall–Kier alpha value is -4.52. The molecule has 0 aliphatic heterocycles. The largest absolute Gasteiger partial charge is 0.493 e. The maximum Gasteiger partial charge on any atom is 0.271 e. The van der Waals surface area contributed by atoms with Crippen molar-refractivity contribution in [2.45, 2.75) is 13.5 Å². The van der Waals surface area contributed by atoms with Gasteiger partial charge in [-0.15, -0.1) is 0 Å². The van der Waals surface area contributed by atoms with Gasteiger partial charge in [-0.1, -0.05) is 71.7 Å².